The van der Waals surface area contributed by atoms with Gasteiger partial charge < -0.3 is 19.2 Å². The number of rotatable bonds is 8. The van der Waals surface area contributed by atoms with Crippen LogP contribution < -0.4 is 10.1 Å². The topological polar surface area (TPSA) is 77.8 Å². The van der Waals surface area contributed by atoms with Gasteiger partial charge in [0.15, 0.2) is 17.3 Å². The lowest BCUT2D eigenvalue weighted by Gasteiger charge is -2.08. The first-order valence-corrected chi connectivity index (χ1v) is 7.01. The van der Waals surface area contributed by atoms with Gasteiger partial charge in [0.2, 0.25) is 0 Å². The molecule has 0 radical (unpaired) electrons. The first-order chi connectivity index (χ1) is 11.2. The highest BCUT2D eigenvalue weighted by Crippen LogP contribution is 2.14. The van der Waals surface area contributed by atoms with E-state index in [1.54, 1.807) is 18.2 Å². The maximum Gasteiger partial charge on any atom is 0.307 e. The van der Waals surface area contributed by atoms with Gasteiger partial charge in [-0.2, -0.15) is 0 Å². The molecule has 0 saturated carbocycles. The van der Waals surface area contributed by atoms with Crippen LogP contribution in [0.4, 0.5) is 4.39 Å². The van der Waals surface area contributed by atoms with Crippen LogP contribution in [-0.4, -0.2) is 31.6 Å². The first kappa shape index (κ1) is 16.5. The fraction of sp³-hybridized carbons (Fsp3) is 0.250. The Morgan fingerprint density at radius 1 is 1.13 bits per heavy atom. The molecule has 1 N–H and O–H groups in total. The van der Waals surface area contributed by atoms with E-state index in [0.29, 0.717) is 0 Å². The van der Waals surface area contributed by atoms with Crippen molar-refractivity contribution in [2.45, 2.75) is 6.42 Å². The number of hydrogen-bond acceptors (Lipinski definition) is 5. The molecule has 1 aromatic heterocycles. The van der Waals surface area contributed by atoms with E-state index in [2.05, 4.69) is 5.32 Å². The molecule has 0 aliphatic heterocycles. The van der Waals surface area contributed by atoms with Crippen LogP contribution in [0.15, 0.2) is 47.1 Å². The monoisotopic (exact) mass is 321 g/mol. The Morgan fingerprint density at radius 2 is 1.96 bits per heavy atom. The van der Waals surface area contributed by atoms with E-state index in [1.165, 1.54) is 24.5 Å². The van der Waals surface area contributed by atoms with E-state index < -0.39 is 17.7 Å². The molecule has 1 heterocycles. The Bertz CT molecular complexity index is 642. The molecule has 2 aromatic rings. The number of benzene rings is 1. The summed E-state index contributed by atoms with van der Waals surface area (Å²) in [5.74, 6) is -1.07. The van der Waals surface area contributed by atoms with Gasteiger partial charge in [-0.1, -0.05) is 12.1 Å². The van der Waals surface area contributed by atoms with Crippen LogP contribution in [0.3, 0.4) is 0 Å². The maximum absolute atomic E-state index is 13.3. The number of hydrogen-bond donors (Lipinski definition) is 1. The minimum atomic E-state index is -0.484. The number of carbonyl (C=O) groups excluding carboxylic acids is 2. The van der Waals surface area contributed by atoms with E-state index in [4.69, 9.17) is 13.9 Å². The molecule has 0 atom stereocenters. The fourth-order valence-corrected chi connectivity index (χ4v) is 1.71. The third kappa shape index (κ3) is 5.46. The van der Waals surface area contributed by atoms with Crippen molar-refractivity contribution in [3.63, 3.8) is 0 Å². The summed E-state index contributed by atoms with van der Waals surface area (Å²) in [6.45, 7) is 0.178. The molecule has 0 spiro atoms. The largest absolute Gasteiger partial charge is 0.487 e. The zero-order valence-corrected chi connectivity index (χ0v) is 12.3. The molecule has 0 aliphatic carbocycles. The molecule has 0 saturated heterocycles. The van der Waals surface area contributed by atoms with E-state index in [-0.39, 0.29) is 37.7 Å². The molecule has 0 fully saturated rings. The normalized spacial score (nSPS) is 10.1. The lowest BCUT2D eigenvalue weighted by Crippen LogP contribution is -2.26. The van der Waals surface area contributed by atoms with Gasteiger partial charge in [0, 0.05) is 6.54 Å². The van der Waals surface area contributed by atoms with Crippen molar-refractivity contribution in [3.05, 3.63) is 54.2 Å². The molecular formula is C16H16FNO5. The van der Waals surface area contributed by atoms with Crippen molar-refractivity contribution in [1.82, 2.24) is 5.32 Å². The van der Waals surface area contributed by atoms with Crippen molar-refractivity contribution >= 4 is 11.9 Å². The lowest BCUT2D eigenvalue weighted by molar-refractivity contribution is -0.144. The second kappa shape index (κ2) is 8.57. The predicted molar refractivity (Wildman–Crippen MR) is 78.5 cm³/mol. The van der Waals surface area contributed by atoms with Gasteiger partial charge >= 0.3 is 5.97 Å². The van der Waals surface area contributed by atoms with Crippen LogP contribution in [-0.2, 0) is 9.53 Å². The van der Waals surface area contributed by atoms with Crippen molar-refractivity contribution in [2.24, 2.45) is 0 Å². The first-order valence-electron chi connectivity index (χ1n) is 7.01. The molecule has 1 aromatic carbocycles. The summed E-state index contributed by atoms with van der Waals surface area (Å²) >= 11 is 0. The number of para-hydroxylation sites is 1. The minimum Gasteiger partial charge on any atom is -0.487 e. The van der Waals surface area contributed by atoms with E-state index in [0.717, 1.165) is 0 Å². The van der Waals surface area contributed by atoms with Crippen molar-refractivity contribution in [1.29, 1.82) is 0 Å². The summed E-state index contributed by atoms with van der Waals surface area (Å²) in [5.41, 5.74) is 0. The summed E-state index contributed by atoms with van der Waals surface area (Å²) in [4.78, 5) is 23.0. The highest BCUT2D eigenvalue weighted by Gasteiger charge is 2.09. The number of halogens is 1. The van der Waals surface area contributed by atoms with E-state index in [9.17, 15) is 14.0 Å². The number of nitrogens with one attached hydrogen (secondary N) is 1. The molecule has 0 bridgehead atoms. The highest BCUT2D eigenvalue weighted by molar-refractivity contribution is 5.91. The quantitative estimate of drug-likeness (QED) is 0.595. The molecular weight excluding hydrogens is 305 g/mol. The Morgan fingerprint density at radius 3 is 2.70 bits per heavy atom. The molecule has 7 heteroatoms. The summed E-state index contributed by atoms with van der Waals surface area (Å²) < 4.78 is 28.2. The number of ether oxygens (including phenoxy) is 2. The smallest absolute Gasteiger partial charge is 0.307 e. The third-order valence-corrected chi connectivity index (χ3v) is 2.80. The molecule has 23 heavy (non-hydrogen) atoms. The summed E-state index contributed by atoms with van der Waals surface area (Å²) in [5, 5.41) is 2.53. The molecule has 2 rings (SSSR count). The highest BCUT2D eigenvalue weighted by atomic mass is 19.1. The van der Waals surface area contributed by atoms with Crippen LogP contribution in [0.25, 0.3) is 0 Å². The van der Waals surface area contributed by atoms with Crippen molar-refractivity contribution in [2.75, 3.05) is 19.8 Å². The molecule has 0 aliphatic rings. The van der Waals surface area contributed by atoms with Crippen LogP contribution in [0.2, 0.25) is 0 Å². The second-order valence-corrected chi connectivity index (χ2v) is 4.48. The average molecular weight is 321 g/mol. The summed E-state index contributed by atoms with van der Waals surface area (Å²) in [6, 6.07) is 9.09. The average Bonchev–Trinajstić information content (AvgIpc) is 3.07. The Hall–Kier alpha value is -2.83. The van der Waals surface area contributed by atoms with Crippen molar-refractivity contribution < 1.29 is 27.9 Å². The van der Waals surface area contributed by atoms with Gasteiger partial charge in [-0.3, -0.25) is 9.59 Å². The summed E-state index contributed by atoms with van der Waals surface area (Å²) in [6.07, 6.45) is 1.41. The van der Waals surface area contributed by atoms with Gasteiger partial charge in [0.1, 0.15) is 13.2 Å². The Kier molecular flexibility index (Phi) is 6.17. The van der Waals surface area contributed by atoms with Gasteiger partial charge in [-0.15, -0.1) is 0 Å². The van der Waals surface area contributed by atoms with Crippen LogP contribution >= 0.6 is 0 Å². The van der Waals surface area contributed by atoms with Gasteiger partial charge in [0.05, 0.1) is 12.7 Å². The van der Waals surface area contributed by atoms with Crippen LogP contribution in [0, 0.1) is 5.82 Å². The lowest BCUT2D eigenvalue weighted by atomic mass is 10.3. The Balaban J connectivity index is 1.57. The number of esters is 1. The fourth-order valence-electron chi connectivity index (χ4n) is 1.71. The standard InChI is InChI=1S/C16H16FNO5/c17-12-4-1-2-5-13(12)22-10-11-23-15(19)7-8-18-16(20)14-6-3-9-21-14/h1-6,9H,7-8,10-11H2,(H,18,20). The summed E-state index contributed by atoms with van der Waals surface area (Å²) in [7, 11) is 0. The predicted octanol–water partition coefficient (Wildman–Crippen LogP) is 2.16. The maximum atomic E-state index is 13.3. The number of furan rings is 1. The van der Waals surface area contributed by atoms with Gasteiger partial charge in [-0.05, 0) is 24.3 Å². The molecule has 1 amide bonds. The molecule has 122 valence electrons. The SMILES string of the molecule is O=C(CCNC(=O)c1ccco1)OCCOc1ccccc1F. The van der Waals surface area contributed by atoms with E-state index in [1.807, 2.05) is 0 Å². The van der Waals surface area contributed by atoms with Gasteiger partial charge in [-0.25, -0.2) is 4.39 Å². The van der Waals surface area contributed by atoms with Crippen molar-refractivity contribution in [3.8, 4) is 5.75 Å². The van der Waals surface area contributed by atoms with Crippen LogP contribution in [0.1, 0.15) is 17.0 Å². The molecule has 6 nitrogen and oxygen atoms in total. The zero-order chi connectivity index (χ0) is 16.5. The van der Waals surface area contributed by atoms with Crippen LogP contribution in [0.5, 0.6) is 5.75 Å². The van der Waals surface area contributed by atoms with E-state index >= 15 is 0 Å². The second-order valence-electron chi connectivity index (χ2n) is 4.48. The number of carbonyl (C=O) groups is 2. The van der Waals surface area contributed by atoms with Gasteiger partial charge in [0.25, 0.3) is 5.91 Å². The number of amides is 1. The Labute approximate surface area is 132 Å². The minimum absolute atomic E-state index is 0.000696. The molecule has 0 unspecified atom stereocenters. The third-order valence-electron chi connectivity index (χ3n) is 2.80. The zero-order valence-electron chi connectivity index (χ0n) is 12.3.